The lowest BCUT2D eigenvalue weighted by Gasteiger charge is -2.44. The van der Waals surface area contributed by atoms with Gasteiger partial charge >= 0.3 is 42.0 Å². The maximum atomic E-state index is 13.6. The summed E-state index contributed by atoms with van der Waals surface area (Å²) < 4.78 is 171. The van der Waals surface area contributed by atoms with Crippen LogP contribution in [0.1, 0.15) is 244 Å². The second kappa shape index (κ2) is 60.5. The van der Waals surface area contributed by atoms with Crippen molar-refractivity contribution in [1.29, 1.82) is 0 Å². The summed E-state index contributed by atoms with van der Waals surface area (Å²) in [7, 11) is 0. The highest BCUT2D eigenvalue weighted by Crippen LogP contribution is 2.38. The van der Waals surface area contributed by atoms with E-state index in [2.05, 4.69) is 52.1 Å². The molecule has 128 heavy (non-hydrogen) atoms. The first kappa shape index (κ1) is 114. The van der Waals surface area contributed by atoms with Crippen LogP contribution in [0, 0.1) is 70.5 Å². The van der Waals surface area contributed by atoms with Crippen LogP contribution in [0.25, 0.3) is 0 Å². The van der Waals surface area contributed by atoms with Crippen molar-refractivity contribution in [1.82, 2.24) is 26.6 Å². The Balaban J connectivity index is 0.00000208. The van der Waals surface area contributed by atoms with E-state index in [4.69, 9.17) is 56.8 Å². The SMILES string of the molecule is CC(=O)NC1[C@H](OCCCCC(=O)CCCCCC(=O)OCC(COCCC(=O)CCCCCC(=O)CCCCO[C@@H]2OC(COC(C)=O)[C@H](C)[C@H](C)C2C)(COCCC(=O)NCCCNC(=O)CCCCO[C@@H]2OC(COC(C)=O)[C@H](C)[C@H](C)C2NC(C)=O)NC(=O)CCCC(=O)O)OC(COC(C)=O)[C@H](C)[C@@H]1C.O=C(Oc1c(F)c(F)c(F)c(F)c1F)C(F)(F)F. The Morgan fingerprint density at radius 3 is 1.16 bits per heavy atom. The molecule has 5 amide bonds. The van der Waals surface area contributed by atoms with Gasteiger partial charge in [-0.3, -0.25) is 62.3 Å². The van der Waals surface area contributed by atoms with E-state index in [1.165, 1.54) is 34.6 Å². The molecule has 0 saturated carbocycles. The average molecular weight is 1850 g/mol. The molecule has 3 aliphatic heterocycles. The number of carbonyl (C=O) groups is 14. The summed E-state index contributed by atoms with van der Waals surface area (Å²) in [4.78, 5) is 172. The monoisotopic (exact) mass is 1850 g/mol. The summed E-state index contributed by atoms with van der Waals surface area (Å²) in [5, 5.41) is 23.7. The molecular weight excluding hydrogens is 1710 g/mol. The van der Waals surface area contributed by atoms with Crippen LogP contribution in [-0.2, 0) is 124 Å². The predicted molar refractivity (Wildman–Crippen MR) is 439 cm³/mol. The number of ketones is 3. The number of hydrogen-bond donors (Lipinski definition) is 6. The second-order valence-electron chi connectivity index (χ2n) is 32.9. The van der Waals surface area contributed by atoms with Gasteiger partial charge in [0.1, 0.15) is 49.3 Å². The third kappa shape index (κ3) is 44.4. The van der Waals surface area contributed by atoms with Gasteiger partial charge in [0.05, 0.1) is 56.8 Å². The largest absolute Gasteiger partial charge is 0.491 e. The molecule has 6 N–H and O–H groups in total. The molecule has 16 atom stereocenters. The van der Waals surface area contributed by atoms with Crippen LogP contribution in [0.4, 0.5) is 35.1 Å². The topological polar surface area (TPSA) is 439 Å². The van der Waals surface area contributed by atoms with Gasteiger partial charge in [-0.25, -0.2) is 18.0 Å². The molecule has 0 radical (unpaired) electrons. The third-order valence-corrected chi connectivity index (χ3v) is 22.4. The molecule has 3 aliphatic rings. The van der Waals surface area contributed by atoms with E-state index in [9.17, 15) is 107 Å². The van der Waals surface area contributed by atoms with Gasteiger partial charge in [0.15, 0.2) is 18.9 Å². The second-order valence-corrected chi connectivity index (χ2v) is 32.9. The number of carboxylic acid groups (broad SMARTS) is 1. The van der Waals surface area contributed by atoms with Gasteiger partial charge in [0.2, 0.25) is 64.4 Å². The smallest absolute Gasteiger partial charge is 0.481 e. The Morgan fingerprint density at radius 2 is 0.734 bits per heavy atom. The summed E-state index contributed by atoms with van der Waals surface area (Å²) in [5.41, 5.74) is -1.56. The first-order valence-corrected chi connectivity index (χ1v) is 43.9. The van der Waals surface area contributed by atoms with Crippen LogP contribution in [0.15, 0.2) is 0 Å². The number of esters is 5. The molecule has 0 aliphatic carbocycles. The summed E-state index contributed by atoms with van der Waals surface area (Å²) in [5.74, 6) is -22.5. The van der Waals surface area contributed by atoms with Crippen molar-refractivity contribution in [2.75, 3.05) is 85.8 Å². The molecule has 730 valence electrons. The number of hydrogen-bond acceptors (Lipinski definition) is 27. The van der Waals surface area contributed by atoms with E-state index >= 15 is 0 Å². The van der Waals surface area contributed by atoms with Crippen molar-refractivity contribution in [3.63, 3.8) is 0 Å². The normalized spacial score (nSPS) is 22.5. The molecule has 1 aromatic rings. The molecule has 1 aromatic carbocycles. The number of amides is 5. The maximum absolute atomic E-state index is 13.6. The molecule has 7 unspecified atom stereocenters. The summed E-state index contributed by atoms with van der Waals surface area (Å²) in [6.45, 7) is 21.4. The van der Waals surface area contributed by atoms with Gasteiger partial charge in [-0.1, -0.05) is 61.3 Å². The zero-order chi connectivity index (χ0) is 95.8. The third-order valence-electron chi connectivity index (χ3n) is 22.4. The highest BCUT2D eigenvalue weighted by molar-refractivity contribution is 5.81. The Hall–Kier alpha value is -8.48. The van der Waals surface area contributed by atoms with Crippen LogP contribution in [0.3, 0.4) is 0 Å². The number of Topliss-reactive ketones (excluding diaryl/α,β-unsaturated/α-hetero) is 3. The lowest BCUT2D eigenvalue weighted by molar-refractivity contribution is -0.255. The van der Waals surface area contributed by atoms with Crippen molar-refractivity contribution >= 4 is 82.7 Å². The Morgan fingerprint density at radius 1 is 0.367 bits per heavy atom. The lowest BCUT2D eigenvalue weighted by atomic mass is 9.79. The van der Waals surface area contributed by atoms with Gasteiger partial charge in [-0.2, -0.15) is 22.0 Å². The minimum Gasteiger partial charge on any atom is -0.481 e. The van der Waals surface area contributed by atoms with E-state index in [1.807, 2.05) is 27.7 Å². The van der Waals surface area contributed by atoms with Crippen LogP contribution in [0.5, 0.6) is 5.75 Å². The number of ether oxygens (including phenoxy) is 13. The van der Waals surface area contributed by atoms with Crippen LogP contribution in [-0.4, -0.2) is 235 Å². The minimum atomic E-state index is -5.65. The van der Waals surface area contributed by atoms with Crippen molar-refractivity contribution in [2.24, 2.45) is 41.4 Å². The molecule has 3 fully saturated rings. The summed E-state index contributed by atoms with van der Waals surface area (Å²) in [6, 6.07) is -0.861. The number of carbonyl (C=O) groups excluding carboxylic acids is 13. The van der Waals surface area contributed by atoms with Gasteiger partial charge in [0, 0.05) is 144 Å². The fraction of sp³-hybridized carbons (Fsp3) is 0.770. The highest BCUT2D eigenvalue weighted by atomic mass is 19.4. The molecule has 41 heteroatoms. The molecule has 0 bridgehead atoms. The Labute approximate surface area is 742 Å². The molecule has 3 heterocycles. The maximum Gasteiger partial charge on any atom is 0.491 e. The van der Waals surface area contributed by atoms with E-state index in [-0.39, 0.29) is 225 Å². The molecule has 4 rings (SSSR count). The lowest BCUT2D eigenvalue weighted by Crippen LogP contribution is -2.59. The quantitative estimate of drug-likeness (QED) is 0.00671. The fourth-order valence-corrected chi connectivity index (χ4v) is 14.1. The molecule has 33 nitrogen and oxygen atoms in total. The first-order chi connectivity index (χ1) is 60.4. The molecule has 0 spiro atoms. The fourth-order valence-electron chi connectivity index (χ4n) is 14.1. The number of unbranched alkanes of at least 4 members (excludes halogenated alkanes) is 7. The Bertz CT molecular complexity index is 3670. The van der Waals surface area contributed by atoms with Crippen LogP contribution in [0.2, 0.25) is 0 Å². The van der Waals surface area contributed by atoms with Crippen LogP contribution >= 0.6 is 0 Å². The number of benzene rings is 1. The van der Waals surface area contributed by atoms with Gasteiger partial charge in [-0.05, 0) is 113 Å². The standard InChI is InChI=1S/C79H133N5O26.C8F8O2/c1-51-52(2)66(45-104-60(10)87)108-76(57(51)7)101-40-22-19-30-63(90)27-15-13-16-29-65(92)36-43-99-48-79(84-71(95)33-25-34-72(96)97,50-107-73(98)35-18-14-17-28-64(91)31-20-23-41-102-77-74(82-58(8)85)55(5)53(3)67(109-77)46-105-61(11)88)49-100-44-37-70(94)81-39-26-38-80-69(93)32-21-24-42-103-78-75(83-59(9)86)56(6)54(4)68(110-78)47-106-62(12)89;9-1-2(10)4(12)6(5(13)3(1)11)18-7(17)8(14,15)16/h51-57,66-68,74-78H,13-50H2,1-12H3,(H,80,93)(H,81,94)(H,82,85)(H,83,86)(H,84,95)(H,96,97);/t51-,52+,53+,54+,55-,56-,57?,66?,67?,68?,74?,75?,76+,77+,78+,79?;/m0./s1. The highest BCUT2D eigenvalue weighted by Gasteiger charge is 2.47. The van der Waals surface area contributed by atoms with E-state index in [0.717, 1.165) is 0 Å². The summed E-state index contributed by atoms with van der Waals surface area (Å²) in [6.07, 6.45) is -0.483. The van der Waals surface area contributed by atoms with Gasteiger partial charge in [0.25, 0.3) is 0 Å². The van der Waals surface area contributed by atoms with Crippen molar-refractivity contribution in [2.45, 2.75) is 305 Å². The van der Waals surface area contributed by atoms with E-state index in [0.29, 0.717) is 109 Å². The first-order valence-electron chi connectivity index (χ1n) is 43.9. The number of rotatable bonds is 60. The Kier molecular flexibility index (Phi) is 53.7. The average Bonchev–Trinajstić information content (AvgIpc) is 0.780. The number of carboxylic acids is 1. The summed E-state index contributed by atoms with van der Waals surface area (Å²) >= 11 is 0. The van der Waals surface area contributed by atoms with Crippen molar-refractivity contribution in [3.8, 4) is 5.75 Å². The molecule has 3 saturated heterocycles. The van der Waals surface area contributed by atoms with Gasteiger partial charge < -0.3 is 93.3 Å². The number of halogens is 8. The molecule has 0 aromatic heterocycles. The van der Waals surface area contributed by atoms with E-state index in [1.54, 1.807) is 0 Å². The molecular formula is C87H133F8N5O28. The van der Waals surface area contributed by atoms with Crippen molar-refractivity contribution < 1.29 is 169 Å². The van der Waals surface area contributed by atoms with E-state index < -0.39 is 132 Å². The van der Waals surface area contributed by atoms with Gasteiger partial charge in [-0.15, -0.1) is 0 Å². The number of alkyl halides is 3. The minimum absolute atomic E-state index is 0.00848. The number of aliphatic carboxylic acids is 1. The zero-order valence-corrected chi connectivity index (χ0v) is 75.5. The van der Waals surface area contributed by atoms with Crippen LogP contribution < -0.4 is 31.3 Å². The predicted octanol–water partition coefficient (Wildman–Crippen LogP) is 10.4. The van der Waals surface area contributed by atoms with Crippen molar-refractivity contribution in [3.05, 3.63) is 29.1 Å². The zero-order valence-electron chi connectivity index (χ0n) is 75.5. The number of nitrogens with one attached hydrogen (secondary N) is 5.